The smallest absolute Gasteiger partial charge is 0.420 e. The van der Waals surface area contributed by atoms with Gasteiger partial charge in [0.1, 0.15) is 0 Å². The van der Waals surface area contributed by atoms with Gasteiger partial charge in [0.15, 0.2) is 0 Å². The molecule has 1 saturated heterocycles. The van der Waals surface area contributed by atoms with Crippen LogP contribution < -0.4 is 16.0 Å². The molecular formula is C37H37ClN4O4. The Hall–Kier alpha value is -4.47. The van der Waals surface area contributed by atoms with Gasteiger partial charge in [-0.25, -0.2) is 9.69 Å². The average Bonchev–Trinajstić information content (AvgIpc) is 3.52. The second-order valence-corrected chi connectivity index (χ2v) is 11.9. The summed E-state index contributed by atoms with van der Waals surface area (Å²) in [6.07, 6.45) is 0.429. The van der Waals surface area contributed by atoms with Crippen molar-refractivity contribution in [3.8, 4) is 0 Å². The van der Waals surface area contributed by atoms with Crippen LogP contribution in [0.3, 0.4) is 0 Å². The zero-order valence-electron chi connectivity index (χ0n) is 25.6. The molecule has 4 aromatic carbocycles. The van der Waals surface area contributed by atoms with E-state index in [-0.39, 0.29) is 12.1 Å². The summed E-state index contributed by atoms with van der Waals surface area (Å²) in [7, 11) is 1.27. The Labute approximate surface area is 273 Å². The van der Waals surface area contributed by atoms with E-state index in [9.17, 15) is 9.59 Å². The summed E-state index contributed by atoms with van der Waals surface area (Å²) in [5, 5.41) is 5.39. The average molecular weight is 637 g/mol. The number of para-hydroxylation sites is 1. The molecule has 8 nitrogen and oxygen atoms in total. The van der Waals surface area contributed by atoms with Crippen LogP contribution in [0, 0.1) is 0 Å². The number of halogens is 1. The van der Waals surface area contributed by atoms with Gasteiger partial charge >= 0.3 is 6.09 Å². The van der Waals surface area contributed by atoms with E-state index in [1.54, 1.807) is 12.1 Å². The van der Waals surface area contributed by atoms with E-state index in [1.807, 2.05) is 91.0 Å². The molecule has 4 N–H and O–H groups in total. The number of benzene rings is 4. The number of amides is 2. The Balaban J connectivity index is 1.18. The van der Waals surface area contributed by atoms with E-state index in [1.165, 1.54) is 7.11 Å². The number of nitrogens with one attached hydrogen (secondary N) is 2. The quantitative estimate of drug-likeness (QED) is 0.165. The van der Waals surface area contributed by atoms with Gasteiger partial charge in [0.2, 0.25) is 0 Å². The van der Waals surface area contributed by atoms with Crippen molar-refractivity contribution in [3.63, 3.8) is 0 Å². The number of nitrogens with zero attached hydrogens (tertiary/aromatic N) is 1. The van der Waals surface area contributed by atoms with Gasteiger partial charge in [0.05, 0.1) is 37.6 Å². The minimum absolute atomic E-state index is 0.0332. The molecule has 0 radical (unpaired) electrons. The summed E-state index contributed by atoms with van der Waals surface area (Å²) in [6, 6.07) is 33.5. The highest BCUT2D eigenvalue weighted by Gasteiger charge is 2.36. The van der Waals surface area contributed by atoms with Crippen molar-refractivity contribution < 1.29 is 19.1 Å². The summed E-state index contributed by atoms with van der Waals surface area (Å²) >= 11 is 6.16. The van der Waals surface area contributed by atoms with Crippen LogP contribution >= 0.6 is 11.6 Å². The third kappa shape index (κ3) is 6.85. The first-order valence-corrected chi connectivity index (χ1v) is 15.8. The largest absolute Gasteiger partial charge is 0.452 e. The number of ether oxygens (including phenoxy) is 2. The van der Waals surface area contributed by atoms with Crippen molar-refractivity contribution >= 4 is 40.2 Å². The number of aryl methyl sites for hydroxylation is 1. The molecule has 6 rings (SSSR count). The van der Waals surface area contributed by atoms with Gasteiger partial charge in [-0.15, -0.1) is 0 Å². The number of morpholine rings is 1. The van der Waals surface area contributed by atoms with Crippen LogP contribution in [-0.2, 0) is 20.7 Å². The van der Waals surface area contributed by atoms with Gasteiger partial charge in [0.25, 0.3) is 5.91 Å². The van der Waals surface area contributed by atoms with E-state index in [4.69, 9.17) is 26.8 Å². The van der Waals surface area contributed by atoms with Crippen molar-refractivity contribution in [1.82, 2.24) is 10.3 Å². The number of imide groups is 1. The lowest BCUT2D eigenvalue weighted by atomic mass is 9.84. The molecule has 2 amide bonds. The van der Waals surface area contributed by atoms with Crippen LogP contribution in [0.2, 0.25) is 5.02 Å². The van der Waals surface area contributed by atoms with E-state index in [2.05, 4.69) is 16.4 Å². The maximum atomic E-state index is 14.2. The second-order valence-electron chi connectivity index (χ2n) is 11.5. The number of rotatable bonds is 9. The zero-order valence-corrected chi connectivity index (χ0v) is 26.3. The molecule has 9 heteroatoms. The Morgan fingerprint density at radius 1 is 0.957 bits per heavy atom. The summed E-state index contributed by atoms with van der Waals surface area (Å²) in [5.74, 6) is -1.02. The molecule has 1 fully saturated rings. The summed E-state index contributed by atoms with van der Waals surface area (Å²) < 4.78 is 11.4. The van der Waals surface area contributed by atoms with Gasteiger partial charge in [-0.05, 0) is 59.2 Å². The van der Waals surface area contributed by atoms with Gasteiger partial charge < -0.3 is 25.5 Å². The Morgan fingerprint density at radius 2 is 1.63 bits per heavy atom. The molecule has 236 valence electrons. The first-order chi connectivity index (χ1) is 22.4. The van der Waals surface area contributed by atoms with Crippen LogP contribution in [0.5, 0.6) is 0 Å². The maximum Gasteiger partial charge on any atom is 0.420 e. The fourth-order valence-electron chi connectivity index (χ4n) is 6.19. The third-order valence-corrected chi connectivity index (χ3v) is 8.81. The highest BCUT2D eigenvalue weighted by Crippen LogP contribution is 2.32. The van der Waals surface area contributed by atoms with Crippen LogP contribution in [0.25, 0.3) is 10.9 Å². The highest BCUT2D eigenvalue weighted by molar-refractivity contribution is 6.31. The summed E-state index contributed by atoms with van der Waals surface area (Å²) in [5.41, 5.74) is 11.8. The normalized spacial score (nSPS) is 17.1. The van der Waals surface area contributed by atoms with Crippen molar-refractivity contribution in [2.75, 3.05) is 25.2 Å². The van der Waals surface area contributed by atoms with E-state index in [0.29, 0.717) is 36.7 Å². The first-order valence-electron chi connectivity index (χ1n) is 15.4. The van der Waals surface area contributed by atoms with E-state index < -0.39 is 24.0 Å². The summed E-state index contributed by atoms with van der Waals surface area (Å²) in [6.45, 7) is 1.16. The van der Waals surface area contributed by atoms with Crippen LogP contribution in [-0.4, -0.2) is 49.4 Å². The fraction of sp³-hybridized carbons (Fsp3) is 0.243. The SMILES string of the molecule is COC(=O)N(C(=O)[C@@H](N)C(c1ccccc1)c1ccccc1)c1ccccc1CC[C@@H]1CN[C@H](c2cc3ccc(Cl)cc3[nH]2)CO1. The Morgan fingerprint density at radius 3 is 2.28 bits per heavy atom. The lowest BCUT2D eigenvalue weighted by molar-refractivity contribution is -0.119. The number of hydrogen-bond donors (Lipinski definition) is 3. The molecule has 0 saturated carbocycles. The molecule has 1 aliphatic rings. The molecule has 0 bridgehead atoms. The Bertz CT molecular complexity index is 1750. The maximum absolute atomic E-state index is 14.2. The highest BCUT2D eigenvalue weighted by atomic mass is 35.5. The number of nitrogens with two attached hydrogens (primary N) is 1. The molecule has 2 heterocycles. The van der Waals surface area contributed by atoms with Crippen molar-refractivity contribution in [3.05, 3.63) is 137 Å². The lowest BCUT2D eigenvalue weighted by Crippen LogP contribution is -2.50. The molecule has 0 unspecified atom stereocenters. The summed E-state index contributed by atoms with van der Waals surface area (Å²) in [4.78, 5) is 32.0. The minimum Gasteiger partial charge on any atom is -0.452 e. The number of carbonyl (C=O) groups excluding carboxylic acids is 2. The molecular weight excluding hydrogens is 600 g/mol. The predicted molar refractivity (Wildman–Crippen MR) is 181 cm³/mol. The number of aromatic nitrogens is 1. The van der Waals surface area contributed by atoms with E-state index >= 15 is 0 Å². The number of carbonyl (C=O) groups is 2. The molecule has 1 aliphatic heterocycles. The van der Waals surface area contributed by atoms with Gasteiger partial charge in [-0.2, -0.15) is 0 Å². The van der Waals surface area contributed by atoms with Crippen LogP contribution in [0.4, 0.5) is 10.5 Å². The van der Waals surface area contributed by atoms with Crippen molar-refractivity contribution in [2.24, 2.45) is 5.73 Å². The van der Waals surface area contributed by atoms with Gasteiger partial charge in [0, 0.05) is 28.7 Å². The van der Waals surface area contributed by atoms with Crippen LogP contribution in [0.1, 0.15) is 40.8 Å². The minimum atomic E-state index is -1.06. The number of fused-ring (bicyclic) bond motifs is 1. The van der Waals surface area contributed by atoms with E-state index in [0.717, 1.165) is 38.2 Å². The first kappa shape index (κ1) is 31.5. The molecule has 5 aromatic rings. The third-order valence-electron chi connectivity index (χ3n) is 8.58. The van der Waals surface area contributed by atoms with Crippen molar-refractivity contribution in [1.29, 1.82) is 0 Å². The number of H-pyrrole nitrogens is 1. The fourth-order valence-corrected chi connectivity index (χ4v) is 6.37. The Kier molecular flexibility index (Phi) is 9.80. The van der Waals surface area contributed by atoms with Gasteiger partial charge in [-0.1, -0.05) is 96.5 Å². The number of aromatic amines is 1. The molecule has 1 aromatic heterocycles. The number of hydrogen-bond acceptors (Lipinski definition) is 6. The monoisotopic (exact) mass is 636 g/mol. The molecule has 0 aliphatic carbocycles. The topological polar surface area (TPSA) is 110 Å². The van der Waals surface area contributed by atoms with Crippen molar-refractivity contribution in [2.45, 2.75) is 36.9 Å². The van der Waals surface area contributed by atoms with Crippen LogP contribution in [0.15, 0.2) is 109 Å². The zero-order chi connectivity index (χ0) is 32.0. The molecule has 46 heavy (non-hydrogen) atoms. The predicted octanol–water partition coefficient (Wildman–Crippen LogP) is 6.74. The number of methoxy groups -OCH3 is 1. The lowest BCUT2D eigenvalue weighted by Gasteiger charge is -2.31. The second kappa shape index (κ2) is 14.3. The molecule has 3 atom stereocenters. The number of anilines is 1. The molecule has 0 spiro atoms. The van der Waals surface area contributed by atoms with Gasteiger partial charge in [-0.3, -0.25) is 4.79 Å². The standard InChI is InChI=1S/C37H37ClN4O4/c1-45-37(44)42(36(43)35(39)34(25-11-4-2-5-12-25)26-13-6-3-7-14-26)33-15-9-8-10-24(33)17-19-29-22-40-32(23-46-29)31-20-27-16-18-28(38)21-30(27)41-31/h2-16,18,20-21,29,32,34-35,40-41H,17,19,22-23,39H2,1H3/t29-,32+,35+/m1/s1.